The summed E-state index contributed by atoms with van der Waals surface area (Å²) in [5, 5.41) is 3.37. The van der Waals surface area contributed by atoms with Crippen LogP contribution in [0.4, 0.5) is 8.78 Å². The van der Waals surface area contributed by atoms with Crippen molar-refractivity contribution in [2.75, 3.05) is 19.6 Å². The monoisotopic (exact) mass is 346 g/mol. The van der Waals surface area contributed by atoms with Crippen molar-refractivity contribution >= 4 is 15.9 Å². The molecular weight excluding hydrogens is 326 g/mol. The summed E-state index contributed by atoms with van der Waals surface area (Å²) in [5.74, 6) is -0.445. The van der Waals surface area contributed by atoms with Crippen LogP contribution in [0.3, 0.4) is 0 Å². The van der Waals surface area contributed by atoms with E-state index in [1.54, 1.807) is 0 Å². The predicted octanol–water partition coefficient (Wildman–Crippen LogP) is 3.55. The molecule has 0 bridgehead atoms. The molecule has 1 aliphatic heterocycles. The van der Waals surface area contributed by atoms with Crippen LogP contribution in [0, 0.1) is 17.6 Å². The number of hydrogen-bond acceptors (Lipinski definition) is 2. The van der Waals surface area contributed by atoms with Gasteiger partial charge in [-0.25, -0.2) is 8.78 Å². The first-order valence-electron chi connectivity index (χ1n) is 7.11. The normalized spacial score (nSPS) is 21.9. The number of halogens is 3. The minimum atomic E-state index is -0.480. The Hall–Kier alpha value is -0.520. The summed E-state index contributed by atoms with van der Waals surface area (Å²) in [6.07, 6.45) is 1.06. The van der Waals surface area contributed by atoms with Crippen molar-refractivity contribution in [3.63, 3.8) is 0 Å². The van der Waals surface area contributed by atoms with E-state index >= 15 is 0 Å². The first kappa shape index (κ1) is 15.9. The fraction of sp³-hybridized carbons (Fsp3) is 0.600. The van der Waals surface area contributed by atoms with Crippen molar-refractivity contribution in [1.29, 1.82) is 0 Å². The smallest absolute Gasteiger partial charge is 0.144 e. The molecule has 0 aliphatic carbocycles. The zero-order valence-electron chi connectivity index (χ0n) is 11.9. The lowest BCUT2D eigenvalue weighted by atomic mass is 9.95. The summed E-state index contributed by atoms with van der Waals surface area (Å²) in [5.41, 5.74) is 0.162. The van der Waals surface area contributed by atoms with E-state index < -0.39 is 11.6 Å². The van der Waals surface area contributed by atoms with Gasteiger partial charge >= 0.3 is 0 Å². The van der Waals surface area contributed by atoms with Crippen molar-refractivity contribution in [1.82, 2.24) is 10.2 Å². The molecule has 0 radical (unpaired) electrons. The maximum absolute atomic E-state index is 14.1. The quantitative estimate of drug-likeness (QED) is 0.838. The molecule has 0 aromatic heterocycles. The second-order valence-electron chi connectivity index (χ2n) is 5.45. The molecule has 2 unspecified atom stereocenters. The maximum atomic E-state index is 14.1. The van der Waals surface area contributed by atoms with E-state index in [4.69, 9.17) is 0 Å². The van der Waals surface area contributed by atoms with E-state index in [2.05, 4.69) is 40.0 Å². The van der Waals surface area contributed by atoms with Gasteiger partial charge in [0.25, 0.3) is 0 Å². The van der Waals surface area contributed by atoms with E-state index in [0.717, 1.165) is 26.1 Å². The fourth-order valence-corrected chi connectivity index (χ4v) is 3.09. The van der Waals surface area contributed by atoms with Crippen LogP contribution in [0.2, 0.25) is 0 Å². The lowest BCUT2D eigenvalue weighted by Gasteiger charge is -2.39. The molecule has 20 heavy (non-hydrogen) atoms. The molecule has 2 rings (SSSR count). The fourth-order valence-electron chi connectivity index (χ4n) is 2.71. The topological polar surface area (TPSA) is 15.3 Å². The first-order chi connectivity index (χ1) is 9.54. The molecular formula is C15H21BrF2N2. The Morgan fingerprint density at radius 1 is 1.45 bits per heavy atom. The highest BCUT2D eigenvalue weighted by Crippen LogP contribution is 2.25. The third-order valence-corrected chi connectivity index (χ3v) is 4.81. The Balaban J connectivity index is 2.21. The number of rotatable bonds is 4. The highest BCUT2D eigenvalue weighted by molar-refractivity contribution is 9.10. The molecule has 0 amide bonds. The molecule has 112 valence electrons. The van der Waals surface area contributed by atoms with Crippen LogP contribution >= 0.6 is 15.9 Å². The SMILES string of the molecule is CCC(C)C1CNCCN1Cc1c(F)ccc(Br)c1F. The molecule has 1 heterocycles. The summed E-state index contributed by atoms with van der Waals surface area (Å²) in [6.45, 7) is 7.24. The Kier molecular flexibility index (Phi) is 5.52. The third kappa shape index (κ3) is 3.38. The minimum Gasteiger partial charge on any atom is -0.314 e. The average Bonchev–Trinajstić information content (AvgIpc) is 2.47. The number of nitrogens with one attached hydrogen (secondary N) is 1. The van der Waals surface area contributed by atoms with Crippen LogP contribution in [0.1, 0.15) is 25.8 Å². The van der Waals surface area contributed by atoms with Crippen molar-refractivity contribution in [2.24, 2.45) is 5.92 Å². The molecule has 0 spiro atoms. The van der Waals surface area contributed by atoms with Gasteiger partial charge in [-0.1, -0.05) is 20.3 Å². The Morgan fingerprint density at radius 2 is 2.20 bits per heavy atom. The van der Waals surface area contributed by atoms with Gasteiger partial charge < -0.3 is 5.32 Å². The van der Waals surface area contributed by atoms with Crippen LogP contribution < -0.4 is 5.32 Å². The molecule has 1 saturated heterocycles. The molecule has 0 saturated carbocycles. The van der Waals surface area contributed by atoms with Crippen molar-refractivity contribution in [3.8, 4) is 0 Å². The van der Waals surface area contributed by atoms with Gasteiger partial charge in [0.2, 0.25) is 0 Å². The van der Waals surface area contributed by atoms with Gasteiger partial charge in [0, 0.05) is 37.8 Å². The maximum Gasteiger partial charge on any atom is 0.144 e. The Labute approximate surface area is 127 Å². The first-order valence-corrected chi connectivity index (χ1v) is 7.91. The summed E-state index contributed by atoms with van der Waals surface area (Å²) in [4.78, 5) is 2.19. The lowest BCUT2D eigenvalue weighted by molar-refractivity contribution is 0.106. The van der Waals surface area contributed by atoms with Gasteiger partial charge in [-0.15, -0.1) is 0 Å². The molecule has 5 heteroatoms. The Morgan fingerprint density at radius 3 is 2.90 bits per heavy atom. The van der Waals surface area contributed by atoms with E-state index in [1.165, 1.54) is 12.1 Å². The molecule has 1 aromatic carbocycles. The van der Waals surface area contributed by atoms with E-state index in [1.807, 2.05) is 0 Å². The van der Waals surface area contributed by atoms with Gasteiger partial charge in [0.1, 0.15) is 11.6 Å². The zero-order chi connectivity index (χ0) is 14.7. The molecule has 1 N–H and O–H groups in total. The molecule has 1 fully saturated rings. The molecule has 2 atom stereocenters. The van der Waals surface area contributed by atoms with Crippen LogP contribution in [-0.2, 0) is 6.54 Å². The van der Waals surface area contributed by atoms with E-state index in [9.17, 15) is 8.78 Å². The summed E-state index contributed by atoms with van der Waals surface area (Å²) in [7, 11) is 0. The summed E-state index contributed by atoms with van der Waals surface area (Å²) < 4.78 is 28.3. The standard InChI is InChI=1S/C15H21BrF2N2/c1-3-10(2)14-8-19-6-7-20(14)9-11-13(17)5-4-12(16)15(11)18/h4-5,10,14,19H,3,6-9H2,1-2H3. The van der Waals surface area contributed by atoms with Gasteiger partial charge in [-0.3, -0.25) is 4.90 Å². The number of benzene rings is 1. The van der Waals surface area contributed by atoms with Crippen molar-refractivity contribution in [2.45, 2.75) is 32.9 Å². The van der Waals surface area contributed by atoms with Gasteiger partial charge in [0.05, 0.1) is 4.47 Å². The lowest BCUT2D eigenvalue weighted by Crippen LogP contribution is -2.53. The van der Waals surface area contributed by atoms with E-state index in [-0.39, 0.29) is 5.56 Å². The van der Waals surface area contributed by atoms with Crippen LogP contribution in [-0.4, -0.2) is 30.6 Å². The van der Waals surface area contributed by atoms with Crippen LogP contribution in [0.15, 0.2) is 16.6 Å². The summed E-state index contributed by atoms with van der Waals surface area (Å²) in [6, 6.07) is 3.06. The average molecular weight is 347 g/mol. The Bertz CT molecular complexity index is 467. The minimum absolute atomic E-state index is 0.162. The largest absolute Gasteiger partial charge is 0.314 e. The van der Waals surface area contributed by atoms with Gasteiger partial charge in [-0.2, -0.15) is 0 Å². The third-order valence-electron chi connectivity index (χ3n) is 4.20. The number of hydrogen-bond donors (Lipinski definition) is 1. The van der Waals surface area contributed by atoms with Crippen LogP contribution in [0.25, 0.3) is 0 Å². The van der Waals surface area contributed by atoms with Crippen molar-refractivity contribution in [3.05, 3.63) is 33.8 Å². The highest BCUT2D eigenvalue weighted by atomic mass is 79.9. The molecule has 1 aromatic rings. The van der Waals surface area contributed by atoms with Gasteiger partial charge in [0.15, 0.2) is 0 Å². The van der Waals surface area contributed by atoms with Crippen molar-refractivity contribution < 1.29 is 8.78 Å². The van der Waals surface area contributed by atoms with E-state index in [0.29, 0.717) is 23.0 Å². The number of nitrogens with zero attached hydrogens (tertiary/aromatic N) is 1. The van der Waals surface area contributed by atoms with Crippen LogP contribution in [0.5, 0.6) is 0 Å². The molecule has 1 aliphatic rings. The zero-order valence-corrected chi connectivity index (χ0v) is 13.5. The second-order valence-corrected chi connectivity index (χ2v) is 6.30. The van der Waals surface area contributed by atoms with Gasteiger partial charge in [-0.05, 0) is 34.0 Å². The predicted molar refractivity (Wildman–Crippen MR) is 80.6 cm³/mol. The molecule has 2 nitrogen and oxygen atoms in total. The number of piperazine rings is 1. The summed E-state index contributed by atoms with van der Waals surface area (Å²) >= 11 is 3.13. The highest BCUT2D eigenvalue weighted by Gasteiger charge is 2.28. The second kappa shape index (κ2) is 6.96.